The number of hydrogen-bond donors (Lipinski definition) is 1. The van der Waals surface area contributed by atoms with Crippen LogP contribution < -0.4 is 5.32 Å². The van der Waals surface area contributed by atoms with Gasteiger partial charge in [0.2, 0.25) is 0 Å². The van der Waals surface area contributed by atoms with Gasteiger partial charge >= 0.3 is 0 Å². The Kier molecular flexibility index (Phi) is 6.35. The van der Waals surface area contributed by atoms with Gasteiger partial charge in [-0.2, -0.15) is 0 Å². The van der Waals surface area contributed by atoms with Crippen molar-refractivity contribution in [3.05, 3.63) is 0 Å². The summed E-state index contributed by atoms with van der Waals surface area (Å²) in [6.45, 7) is 14.6. The number of piperidine rings is 1. The molecule has 0 aromatic carbocycles. The molecule has 0 spiro atoms. The monoisotopic (exact) mass is 280 g/mol. The Hall–Kier alpha value is -0.0800. The van der Waals surface area contributed by atoms with E-state index in [1.807, 2.05) is 0 Å². The molecule has 1 N–H and O–H groups in total. The van der Waals surface area contributed by atoms with Crippen LogP contribution in [0, 0.1) is 23.7 Å². The van der Waals surface area contributed by atoms with Crippen molar-refractivity contribution in [2.45, 2.75) is 65.8 Å². The molecule has 0 aromatic rings. The van der Waals surface area contributed by atoms with Crippen molar-refractivity contribution in [3.63, 3.8) is 0 Å². The fourth-order valence-corrected chi connectivity index (χ4v) is 4.30. The molecule has 118 valence electrons. The Morgan fingerprint density at radius 1 is 1.00 bits per heavy atom. The number of nitrogens with one attached hydrogen (secondary N) is 1. The molecule has 2 fully saturated rings. The van der Waals surface area contributed by atoms with E-state index in [1.54, 1.807) is 0 Å². The second kappa shape index (κ2) is 7.79. The second-order valence-corrected chi connectivity index (χ2v) is 8.10. The molecular formula is C18H36N2. The molecule has 0 bridgehead atoms. The van der Waals surface area contributed by atoms with Crippen molar-refractivity contribution in [2.75, 3.05) is 26.2 Å². The first-order valence-electron chi connectivity index (χ1n) is 8.99. The minimum Gasteiger partial charge on any atom is -0.316 e. The number of rotatable bonds is 5. The van der Waals surface area contributed by atoms with Crippen LogP contribution in [-0.2, 0) is 0 Å². The zero-order valence-electron chi connectivity index (χ0n) is 14.2. The van der Waals surface area contributed by atoms with Crippen LogP contribution in [0.3, 0.4) is 0 Å². The highest BCUT2D eigenvalue weighted by Gasteiger charge is 2.30. The van der Waals surface area contributed by atoms with Crippen molar-refractivity contribution in [1.82, 2.24) is 10.2 Å². The average Bonchev–Trinajstić information content (AvgIpc) is 2.38. The van der Waals surface area contributed by atoms with Gasteiger partial charge in [-0.25, -0.2) is 0 Å². The molecule has 2 atom stereocenters. The first kappa shape index (κ1) is 16.3. The maximum atomic E-state index is 3.64. The van der Waals surface area contributed by atoms with E-state index in [-0.39, 0.29) is 0 Å². The summed E-state index contributed by atoms with van der Waals surface area (Å²) >= 11 is 0. The van der Waals surface area contributed by atoms with Gasteiger partial charge in [0.15, 0.2) is 0 Å². The number of nitrogens with zero attached hydrogens (tertiary/aromatic N) is 1. The molecule has 1 aliphatic carbocycles. The molecule has 1 aliphatic heterocycles. The summed E-state index contributed by atoms with van der Waals surface area (Å²) in [5.74, 6) is 3.58. The van der Waals surface area contributed by atoms with Crippen LogP contribution in [0.1, 0.15) is 59.8 Å². The van der Waals surface area contributed by atoms with Crippen molar-refractivity contribution in [2.24, 2.45) is 23.7 Å². The van der Waals surface area contributed by atoms with Gasteiger partial charge in [-0.3, -0.25) is 0 Å². The van der Waals surface area contributed by atoms with Crippen LogP contribution in [0.4, 0.5) is 0 Å². The van der Waals surface area contributed by atoms with Crippen LogP contribution in [-0.4, -0.2) is 37.1 Å². The predicted molar refractivity (Wildman–Crippen MR) is 88.0 cm³/mol. The molecule has 2 aliphatic rings. The molecule has 1 saturated heterocycles. The van der Waals surface area contributed by atoms with Crippen molar-refractivity contribution in [3.8, 4) is 0 Å². The van der Waals surface area contributed by atoms with Gasteiger partial charge in [-0.1, -0.05) is 27.7 Å². The minimum atomic E-state index is 0.778. The van der Waals surface area contributed by atoms with Gasteiger partial charge in [0, 0.05) is 6.04 Å². The van der Waals surface area contributed by atoms with E-state index in [0.29, 0.717) is 0 Å². The van der Waals surface area contributed by atoms with Gasteiger partial charge < -0.3 is 10.2 Å². The standard InChI is InChI=1S/C18H36N2/c1-14(2)12-19-13-17-5-7-20(8-6-17)18-10-15(3)9-16(4)11-18/h14-19H,5-13H2,1-4H3. The molecule has 1 saturated carbocycles. The summed E-state index contributed by atoms with van der Waals surface area (Å²) in [7, 11) is 0. The lowest BCUT2D eigenvalue weighted by atomic mass is 9.79. The fourth-order valence-electron chi connectivity index (χ4n) is 4.30. The van der Waals surface area contributed by atoms with Gasteiger partial charge in [0.25, 0.3) is 0 Å². The number of hydrogen-bond acceptors (Lipinski definition) is 2. The summed E-state index contributed by atoms with van der Waals surface area (Å²) in [6, 6.07) is 0.887. The third-order valence-electron chi connectivity index (χ3n) is 5.30. The van der Waals surface area contributed by atoms with E-state index in [9.17, 15) is 0 Å². The molecular weight excluding hydrogens is 244 g/mol. The Labute approximate surface area is 126 Å². The highest BCUT2D eigenvalue weighted by atomic mass is 15.2. The van der Waals surface area contributed by atoms with E-state index in [2.05, 4.69) is 37.9 Å². The highest BCUT2D eigenvalue weighted by Crippen LogP contribution is 2.33. The molecule has 2 heteroatoms. The molecule has 1 heterocycles. The largest absolute Gasteiger partial charge is 0.316 e. The molecule has 2 unspecified atom stereocenters. The van der Waals surface area contributed by atoms with Crippen molar-refractivity contribution in [1.29, 1.82) is 0 Å². The van der Waals surface area contributed by atoms with Crippen LogP contribution in [0.15, 0.2) is 0 Å². The molecule has 2 rings (SSSR count). The van der Waals surface area contributed by atoms with E-state index in [1.165, 1.54) is 58.3 Å². The van der Waals surface area contributed by atoms with Gasteiger partial charge in [0.1, 0.15) is 0 Å². The fraction of sp³-hybridized carbons (Fsp3) is 1.00. The van der Waals surface area contributed by atoms with Crippen molar-refractivity contribution < 1.29 is 0 Å². The summed E-state index contributed by atoms with van der Waals surface area (Å²) in [5, 5.41) is 3.64. The Bertz CT molecular complexity index is 259. The zero-order chi connectivity index (χ0) is 14.5. The second-order valence-electron chi connectivity index (χ2n) is 8.10. The lowest BCUT2D eigenvalue weighted by Crippen LogP contribution is -2.46. The van der Waals surface area contributed by atoms with Crippen LogP contribution in [0.5, 0.6) is 0 Å². The molecule has 0 aromatic heterocycles. The molecule has 20 heavy (non-hydrogen) atoms. The highest BCUT2D eigenvalue weighted by molar-refractivity contribution is 4.85. The van der Waals surface area contributed by atoms with E-state index in [4.69, 9.17) is 0 Å². The maximum Gasteiger partial charge on any atom is 0.0100 e. The first-order chi connectivity index (χ1) is 9.54. The minimum absolute atomic E-state index is 0.778. The van der Waals surface area contributed by atoms with Crippen molar-refractivity contribution >= 4 is 0 Å². The SMILES string of the molecule is CC(C)CNCC1CCN(C2CC(C)CC(C)C2)CC1. The molecule has 0 radical (unpaired) electrons. The third-order valence-corrected chi connectivity index (χ3v) is 5.30. The Morgan fingerprint density at radius 3 is 2.15 bits per heavy atom. The zero-order valence-corrected chi connectivity index (χ0v) is 14.2. The third kappa shape index (κ3) is 5.04. The lowest BCUT2D eigenvalue weighted by molar-refractivity contribution is 0.0753. The van der Waals surface area contributed by atoms with Crippen LogP contribution >= 0.6 is 0 Å². The average molecular weight is 280 g/mol. The first-order valence-corrected chi connectivity index (χ1v) is 8.99. The van der Waals surface area contributed by atoms with Crippen LogP contribution in [0.25, 0.3) is 0 Å². The van der Waals surface area contributed by atoms with Crippen LogP contribution in [0.2, 0.25) is 0 Å². The smallest absolute Gasteiger partial charge is 0.0100 e. The summed E-state index contributed by atoms with van der Waals surface area (Å²) in [6.07, 6.45) is 7.15. The van der Waals surface area contributed by atoms with E-state index < -0.39 is 0 Å². The van der Waals surface area contributed by atoms with Gasteiger partial charge in [-0.05, 0) is 82.0 Å². The molecule has 0 amide bonds. The van der Waals surface area contributed by atoms with E-state index in [0.717, 1.165) is 29.7 Å². The van der Waals surface area contributed by atoms with E-state index >= 15 is 0 Å². The van der Waals surface area contributed by atoms with Gasteiger partial charge in [-0.15, -0.1) is 0 Å². The Balaban J connectivity index is 1.68. The van der Waals surface area contributed by atoms with Gasteiger partial charge in [0.05, 0.1) is 0 Å². The lowest BCUT2D eigenvalue weighted by Gasteiger charge is -2.42. The normalized spacial score (nSPS) is 33.8. The summed E-state index contributed by atoms with van der Waals surface area (Å²) < 4.78 is 0. The number of likely N-dealkylation sites (tertiary alicyclic amines) is 1. The summed E-state index contributed by atoms with van der Waals surface area (Å²) in [4.78, 5) is 2.81. The Morgan fingerprint density at radius 2 is 1.60 bits per heavy atom. The topological polar surface area (TPSA) is 15.3 Å². The maximum absolute atomic E-state index is 3.64. The molecule has 2 nitrogen and oxygen atoms in total. The quantitative estimate of drug-likeness (QED) is 0.824. The predicted octanol–water partition coefficient (Wildman–Crippen LogP) is 3.77. The summed E-state index contributed by atoms with van der Waals surface area (Å²) in [5.41, 5.74) is 0.